The molecule has 1 aromatic heterocycles. The molecule has 1 unspecified atom stereocenters. The number of aromatic nitrogens is 1. The van der Waals surface area contributed by atoms with E-state index >= 15 is 0 Å². The number of carbonyl (C=O) groups excluding carboxylic acids is 1. The van der Waals surface area contributed by atoms with E-state index in [1.165, 1.54) is 0 Å². The van der Waals surface area contributed by atoms with Crippen LogP contribution in [-0.2, 0) is 11.3 Å². The van der Waals surface area contributed by atoms with Gasteiger partial charge in [-0.1, -0.05) is 24.3 Å². The van der Waals surface area contributed by atoms with Crippen LogP contribution in [0.2, 0.25) is 0 Å². The third-order valence-electron chi connectivity index (χ3n) is 4.25. The predicted molar refractivity (Wildman–Crippen MR) is 87.2 cm³/mol. The van der Waals surface area contributed by atoms with Gasteiger partial charge in [-0.25, -0.2) is 0 Å². The summed E-state index contributed by atoms with van der Waals surface area (Å²) >= 11 is 0. The second-order valence-electron chi connectivity index (χ2n) is 6.09. The molecule has 2 heterocycles. The Morgan fingerprint density at radius 3 is 2.86 bits per heavy atom. The molecular formula is C17H22N4O. The zero-order valence-corrected chi connectivity index (χ0v) is 12.9. The Labute approximate surface area is 130 Å². The Balaban J connectivity index is 1.76. The summed E-state index contributed by atoms with van der Waals surface area (Å²) in [6.45, 7) is 4.06. The van der Waals surface area contributed by atoms with E-state index in [0.717, 1.165) is 42.8 Å². The SMILES string of the molecule is CN1CCN(Cc2ccc3ccccc3n2)CC(C(N)=O)C1. The number of carbonyl (C=O) groups is 1. The largest absolute Gasteiger partial charge is 0.369 e. The Morgan fingerprint density at radius 2 is 2.05 bits per heavy atom. The third-order valence-corrected chi connectivity index (χ3v) is 4.25. The van der Waals surface area contributed by atoms with Crippen molar-refractivity contribution in [3.05, 3.63) is 42.1 Å². The van der Waals surface area contributed by atoms with Gasteiger partial charge in [0.15, 0.2) is 0 Å². The van der Waals surface area contributed by atoms with Crippen LogP contribution >= 0.6 is 0 Å². The van der Waals surface area contributed by atoms with Crippen molar-refractivity contribution < 1.29 is 4.79 Å². The lowest BCUT2D eigenvalue weighted by atomic mass is 10.1. The summed E-state index contributed by atoms with van der Waals surface area (Å²) in [6.07, 6.45) is 0. The minimum atomic E-state index is -0.217. The summed E-state index contributed by atoms with van der Waals surface area (Å²) in [5, 5.41) is 1.15. The normalized spacial score (nSPS) is 20.9. The van der Waals surface area contributed by atoms with E-state index in [4.69, 9.17) is 10.7 Å². The van der Waals surface area contributed by atoms with Gasteiger partial charge in [0.1, 0.15) is 0 Å². The molecule has 1 saturated heterocycles. The lowest BCUT2D eigenvalue weighted by Crippen LogP contribution is -2.37. The number of nitrogens with two attached hydrogens (primary N) is 1. The zero-order chi connectivity index (χ0) is 15.5. The first-order valence-electron chi connectivity index (χ1n) is 7.67. The molecule has 1 aliphatic rings. The van der Waals surface area contributed by atoms with Crippen LogP contribution in [0.15, 0.2) is 36.4 Å². The highest BCUT2D eigenvalue weighted by molar-refractivity contribution is 5.78. The summed E-state index contributed by atoms with van der Waals surface area (Å²) < 4.78 is 0. The highest BCUT2D eigenvalue weighted by atomic mass is 16.1. The Bertz CT molecular complexity index is 673. The topological polar surface area (TPSA) is 62.5 Å². The van der Waals surface area contributed by atoms with Crippen LogP contribution in [-0.4, -0.2) is 53.9 Å². The molecule has 5 nitrogen and oxygen atoms in total. The standard InChI is InChI=1S/C17H22N4O/c1-20-8-9-21(11-14(10-20)17(18)22)12-15-7-6-13-4-2-3-5-16(13)19-15/h2-7,14H,8-12H2,1H3,(H2,18,22). The fraction of sp³-hybridized carbons (Fsp3) is 0.412. The molecule has 1 amide bonds. The van der Waals surface area contributed by atoms with Crippen molar-refractivity contribution in [2.24, 2.45) is 11.7 Å². The maximum absolute atomic E-state index is 11.6. The van der Waals surface area contributed by atoms with Gasteiger partial charge in [-0.15, -0.1) is 0 Å². The summed E-state index contributed by atoms with van der Waals surface area (Å²) in [7, 11) is 2.04. The van der Waals surface area contributed by atoms with Crippen molar-refractivity contribution in [2.75, 3.05) is 33.2 Å². The van der Waals surface area contributed by atoms with Crippen LogP contribution in [0.25, 0.3) is 10.9 Å². The van der Waals surface area contributed by atoms with Gasteiger partial charge in [-0.05, 0) is 19.2 Å². The lowest BCUT2D eigenvalue weighted by molar-refractivity contribution is -0.122. The van der Waals surface area contributed by atoms with Crippen LogP contribution in [0.3, 0.4) is 0 Å². The first-order valence-corrected chi connectivity index (χ1v) is 7.67. The van der Waals surface area contributed by atoms with Gasteiger partial charge in [0, 0.05) is 38.1 Å². The van der Waals surface area contributed by atoms with Gasteiger partial charge in [-0.3, -0.25) is 14.7 Å². The molecule has 2 aromatic rings. The van der Waals surface area contributed by atoms with Crippen molar-refractivity contribution >= 4 is 16.8 Å². The monoisotopic (exact) mass is 298 g/mol. The molecule has 3 rings (SSSR count). The number of likely N-dealkylation sites (N-methyl/N-ethyl adjacent to an activating group) is 1. The summed E-state index contributed by atoms with van der Waals surface area (Å²) in [5.41, 5.74) is 7.57. The molecule has 0 radical (unpaired) electrons. The average molecular weight is 298 g/mol. The van der Waals surface area contributed by atoms with E-state index in [9.17, 15) is 4.79 Å². The second kappa shape index (κ2) is 6.42. The van der Waals surface area contributed by atoms with Gasteiger partial charge in [0.05, 0.1) is 17.1 Å². The number of nitrogens with zero attached hydrogens (tertiary/aromatic N) is 3. The fourth-order valence-corrected chi connectivity index (χ4v) is 2.99. The quantitative estimate of drug-likeness (QED) is 0.921. The molecule has 1 fully saturated rings. The number of amides is 1. The molecule has 0 spiro atoms. The zero-order valence-electron chi connectivity index (χ0n) is 12.9. The molecule has 0 aliphatic carbocycles. The lowest BCUT2D eigenvalue weighted by Gasteiger charge is -2.21. The first-order chi connectivity index (χ1) is 10.6. The molecule has 22 heavy (non-hydrogen) atoms. The summed E-state index contributed by atoms with van der Waals surface area (Å²) in [5.74, 6) is -0.335. The van der Waals surface area contributed by atoms with Crippen molar-refractivity contribution in [3.63, 3.8) is 0 Å². The number of rotatable bonds is 3. The van der Waals surface area contributed by atoms with Crippen LogP contribution in [0, 0.1) is 5.92 Å². The number of hydrogen-bond donors (Lipinski definition) is 1. The van der Waals surface area contributed by atoms with Crippen molar-refractivity contribution in [2.45, 2.75) is 6.54 Å². The maximum atomic E-state index is 11.6. The van der Waals surface area contributed by atoms with Crippen LogP contribution < -0.4 is 5.73 Å². The molecule has 1 atom stereocenters. The number of fused-ring (bicyclic) bond motifs is 1. The van der Waals surface area contributed by atoms with Crippen LogP contribution in [0.1, 0.15) is 5.69 Å². The Hall–Kier alpha value is -1.98. The summed E-state index contributed by atoms with van der Waals surface area (Å²) in [4.78, 5) is 20.7. The van der Waals surface area contributed by atoms with Crippen molar-refractivity contribution in [1.82, 2.24) is 14.8 Å². The molecule has 0 bridgehead atoms. The number of hydrogen-bond acceptors (Lipinski definition) is 4. The van der Waals surface area contributed by atoms with Crippen molar-refractivity contribution in [3.8, 4) is 0 Å². The molecule has 5 heteroatoms. The molecule has 1 aliphatic heterocycles. The second-order valence-corrected chi connectivity index (χ2v) is 6.09. The van der Waals surface area contributed by atoms with Gasteiger partial charge >= 0.3 is 0 Å². The molecular weight excluding hydrogens is 276 g/mol. The van der Waals surface area contributed by atoms with Gasteiger partial charge < -0.3 is 10.6 Å². The van der Waals surface area contributed by atoms with Gasteiger partial charge in [-0.2, -0.15) is 0 Å². The van der Waals surface area contributed by atoms with E-state index < -0.39 is 0 Å². The van der Waals surface area contributed by atoms with Gasteiger partial charge in [0.25, 0.3) is 0 Å². The third kappa shape index (κ3) is 3.43. The van der Waals surface area contributed by atoms with E-state index in [0.29, 0.717) is 6.54 Å². The fourth-order valence-electron chi connectivity index (χ4n) is 2.99. The Kier molecular flexibility index (Phi) is 4.36. The van der Waals surface area contributed by atoms with E-state index in [1.807, 2.05) is 25.2 Å². The maximum Gasteiger partial charge on any atom is 0.223 e. The Morgan fingerprint density at radius 1 is 1.23 bits per heavy atom. The number of benzene rings is 1. The summed E-state index contributed by atoms with van der Waals surface area (Å²) in [6, 6.07) is 12.3. The van der Waals surface area contributed by atoms with E-state index in [-0.39, 0.29) is 11.8 Å². The first kappa shape index (κ1) is 14.9. The predicted octanol–water partition coefficient (Wildman–Crippen LogP) is 1.08. The highest BCUT2D eigenvalue weighted by Gasteiger charge is 2.25. The van der Waals surface area contributed by atoms with Crippen LogP contribution in [0.4, 0.5) is 0 Å². The smallest absolute Gasteiger partial charge is 0.223 e. The average Bonchev–Trinajstić information content (AvgIpc) is 2.69. The van der Waals surface area contributed by atoms with Crippen LogP contribution in [0.5, 0.6) is 0 Å². The minimum Gasteiger partial charge on any atom is -0.369 e. The van der Waals surface area contributed by atoms with E-state index in [1.54, 1.807) is 0 Å². The van der Waals surface area contributed by atoms with Crippen molar-refractivity contribution in [1.29, 1.82) is 0 Å². The number of para-hydroxylation sites is 1. The molecule has 0 saturated carbocycles. The molecule has 1 aromatic carbocycles. The van der Waals surface area contributed by atoms with E-state index in [2.05, 4.69) is 28.0 Å². The van der Waals surface area contributed by atoms with Gasteiger partial charge in [0.2, 0.25) is 5.91 Å². The minimum absolute atomic E-state index is 0.118. The highest BCUT2D eigenvalue weighted by Crippen LogP contribution is 2.15. The number of primary amides is 1. The molecule has 2 N–H and O–H groups in total. The molecule has 116 valence electrons. The number of pyridine rings is 1.